The standard InChI is InChI=1S/C14H21NO3/c1-9-7-10(2)12(17-5)11(8-9)15-14(3,4)13(16)18-6/h7-8,15H,1-6H3. The first-order chi connectivity index (χ1) is 8.31. The molecule has 18 heavy (non-hydrogen) atoms. The van der Waals surface area contributed by atoms with Crippen LogP contribution < -0.4 is 10.1 Å². The van der Waals surface area contributed by atoms with Gasteiger partial charge in [-0.25, -0.2) is 4.79 Å². The molecular weight excluding hydrogens is 230 g/mol. The monoisotopic (exact) mass is 251 g/mol. The van der Waals surface area contributed by atoms with Crippen LogP contribution in [0.5, 0.6) is 5.75 Å². The lowest BCUT2D eigenvalue weighted by atomic mass is 10.0. The van der Waals surface area contributed by atoms with E-state index in [0.717, 1.165) is 22.6 Å². The number of aryl methyl sites for hydroxylation is 2. The predicted molar refractivity (Wildman–Crippen MR) is 72.2 cm³/mol. The molecule has 0 amide bonds. The van der Waals surface area contributed by atoms with Crippen LogP contribution in [0.1, 0.15) is 25.0 Å². The van der Waals surface area contributed by atoms with Crippen molar-refractivity contribution in [2.45, 2.75) is 33.2 Å². The smallest absolute Gasteiger partial charge is 0.330 e. The molecule has 0 unspecified atom stereocenters. The summed E-state index contributed by atoms with van der Waals surface area (Å²) in [5.74, 6) is 0.432. The van der Waals surface area contributed by atoms with Crippen LogP contribution in [-0.2, 0) is 9.53 Å². The Balaban J connectivity index is 3.14. The van der Waals surface area contributed by atoms with Gasteiger partial charge in [-0.3, -0.25) is 0 Å². The summed E-state index contributed by atoms with van der Waals surface area (Å²) >= 11 is 0. The van der Waals surface area contributed by atoms with E-state index in [9.17, 15) is 4.79 Å². The van der Waals surface area contributed by atoms with Crippen molar-refractivity contribution in [3.63, 3.8) is 0 Å². The minimum absolute atomic E-state index is 0.316. The van der Waals surface area contributed by atoms with Gasteiger partial charge in [-0.1, -0.05) is 6.07 Å². The van der Waals surface area contributed by atoms with Gasteiger partial charge in [-0.05, 0) is 44.9 Å². The summed E-state index contributed by atoms with van der Waals surface area (Å²) in [5, 5.41) is 3.17. The van der Waals surface area contributed by atoms with Crippen molar-refractivity contribution in [3.05, 3.63) is 23.3 Å². The van der Waals surface area contributed by atoms with Crippen molar-refractivity contribution in [2.75, 3.05) is 19.5 Å². The van der Waals surface area contributed by atoms with E-state index in [1.54, 1.807) is 21.0 Å². The summed E-state index contributed by atoms with van der Waals surface area (Å²) in [5.41, 5.74) is 2.13. The van der Waals surface area contributed by atoms with E-state index >= 15 is 0 Å². The number of ether oxygens (including phenoxy) is 2. The van der Waals surface area contributed by atoms with E-state index in [4.69, 9.17) is 9.47 Å². The van der Waals surface area contributed by atoms with Crippen LogP contribution in [0.25, 0.3) is 0 Å². The van der Waals surface area contributed by atoms with Crippen LogP contribution in [0.3, 0.4) is 0 Å². The number of rotatable bonds is 4. The molecule has 0 bridgehead atoms. The second-order valence-electron chi connectivity index (χ2n) is 4.90. The molecule has 0 saturated heterocycles. The van der Waals surface area contributed by atoms with Gasteiger partial charge >= 0.3 is 5.97 Å². The van der Waals surface area contributed by atoms with E-state index in [1.807, 2.05) is 26.0 Å². The molecule has 1 N–H and O–H groups in total. The minimum atomic E-state index is -0.803. The number of nitrogens with one attached hydrogen (secondary N) is 1. The first kappa shape index (κ1) is 14.4. The predicted octanol–water partition coefficient (Wildman–Crippen LogP) is 2.68. The van der Waals surface area contributed by atoms with E-state index < -0.39 is 5.54 Å². The summed E-state index contributed by atoms with van der Waals surface area (Å²) < 4.78 is 10.2. The van der Waals surface area contributed by atoms with E-state index in [0.29, 0.717) is 0 Å². The van der Waals surface area contributed by atoms with Crippen molar-refractivity contribution in [3.8, 4) is 5.75 Å². The van der Waals surface area contributed by atoms with Crippen LogP contribution in [0.2, 0.25) is 0 Å². The molecule has 4 heteroatoms. The highest BCUT2D eigenvalue weighted by Gasteiger charge is 2.29. The van der Waals surface area contributed by atoms with E-state index in [1.165, 1.54) is 7.11 Å². The summed E-state index contributed by atoms with van der Waals surface area (Å²) in [6.07, 6.45) is 0. The molecule has 1 aromatic carbocycles. The normalized spacial score (nSPS) is 11.0. The third-order valence-electron chi connectivity index (χ3n) is 2.77. The molecule has 4 nitrogen and oxygen atoms in total. The fourth-order valence-electron chi connectivity index (χ4n) is 1.96. The van der Waals surface area contributed by atoms with Crippen molar-refractivity contribution in [1.29, 1.82) is 0 Å². The lowest BCUT2D eigenvalue weighted by Crippen LogP contribution is -2.41. The van der Waals surface area contributed by atoms with Gasteiger partial charge in [0.1, 0.15) is 11.3 Å². The largest absolute Gasteiger partial charge is 0.494 e. The maximum absolute atomic E-state index is 11.7. The van der Waals surface area contributed by atoms with E-state index in [-0.39, 0.29) is 5.97 Å². The second kappa shape index (κ2) is 5.29. The zero-order valence-corrected chi connectivity index (χ0v) is 11.9. The molecule has 0 radical (unpaired) electrons. The third-order valence-corrected chi connectivity index (χ3v) is 2.77. The van der Waals surface area contributed by atoms with Crippen LogP contribution in [0, 0.1) is 13.8 Å². The van der Waals surface area contributed by atoms with Gasteiger partial charge in [0.2, 0.25) is 0 Å². The van der Waals surface area contributed by atoms with Gasteiger partial charge in [0.05, 0.1) is 19.9 Å². The van der Waals surface area contributed by atoms with E-state index in [2.05, 4.69) is 5.32 Å². The van der Waals surface area contributed by atoms with Gasteiger partial charge in [-0.2, -0.15) is 0 Å². The molecule has 0 aliphatic rings. The number of methoxy groups -OCH3 is 2. The molecule has 0 atom stereocenters. The van der Waals surface area contributed by atoms with Crippen molar-refractivity contribution in [1.82, 2.24) is 0 Å². The van der Waals surface area contributed by atoms with Gasteiger partial charge < -0.3 is 14.8 Å². The Labute approximate surface area is 108 Å². The Kier molecular flexibility index (Phi) is 4.22. The number of carbonyl (C=O) groups is 1. The van der Waals surface area contributed by atoms with Gasteiger partial charge in [0.25, 0.3) is 0 Å². The van der Waals surface area contributed by atoms with Crippen molar-refractivity contribution >= 4 is 11.7 Å². The Bertz CT molecular complexity index is 453. The van der Waals surface area contributed by atoms with Crippen LogP contribution in [0.4, 0.5) is 5.69 Å². The lowest BCUT2D eigenvalue weighted by Gasteiger charge is -2.26. The molecule has 0 spiro atoms. The fourth-order valence-corrected chi connectivity index (χ4v) is 1.96. The average molecular weight is 251 g/mol. The number of anilines is 1. The Morgan fingerprint density at radius 1 is 1.22 bits per heavy atom. The quantitative estimate of drug-likeness (QED) is 0.836. The molecule has 0 aliphatic heterocycles. The maximum atomic E-state index is 11.7. The molecule has 0 fully saturated rings. The zero-order chi connectivity index (χ0) is 13.9. The Hall–Kier alpha value is -1.71. The minimum Gasteiger partial charge on any atom is -0.494 e. The lowest BCUT2D eigenvalue weighted by molar-refractivity contribution is -0.144. The summed E-state index contributed by atoms with van der Waals surface area (Å²) in [6, 6.07) is 3.99. The number of hydrogen-bond donors (Lipinski definition) is 1. The second-order valence-corrected chi connectivity index (χ2v) is 4.90. The number of benzene rings is 1. The summed E-state index contributed by atoms with van der Waals surface area (Å²) in [4.78, 5) is 11.7. The highest BCUT2D eigenvalue weighted by molar-refractivity contribution is 5.84. The molecule has 0 saturated carbocycles. The molecule has 0 aliphatic carbocycles. The number of hydrogen-bond acceptors (Lipinski definition) is 4. The molecule has 100 valence electrons. The van der Waals surface area contributed by atoms with Crippen LogP contribution in [0.15, 0.2) is 12.1 Å². The van der Waals surface area contributed by atoms with Crippen molar-refractivity contribution < 1.29 is 14.3 Å². The fraction of sp³-hybridized carbons (Fsp3) is 0.500. The topological polar surface area (TPSA) is 47.6 Å². The number of esters is 1. The molecule has 1 aromatic rings. The summed E-state index contributed by atoms with van der Waals surface area (Å²) in [7, 11) is 3.00. The SMILES string of the molecule is COC(=O)C(C)(C)Nc1cc(C)cc(C)c1OC. The first-order valence-corrected chi connectivity index (χ1v) is 5.83. The Morgan fingerprint density at radius 2 is 1.83 bits per heavy atom. The third kappa shape index (κ3) is 2.94. The Morgan fingerprint density at radius 3 is 2.33 bits per heavy atom. The summed E-state index contributed by atoms with van der Waals surface area (Å²) in [6.45, 7) is 7.52. The van der Waals surface area contributed by atoms with Crippen LogP contribution in [-0.4, -0.2) is 25.7 Å². The van der Waals surface area contributed by atoms with Crippen LogP contribution >= 0.6 is 0 Å². The van der Waals surface area contributed by atoms with Gasteiger partial charge in [-0.15, -0.1) is 0 Å². The first-order valence-electron chi connectivity index (χ1n) is 5.83. The molecule has 1 rings (SSSR count). The van der Waals surface area contributed by atoms with Crippen molar-refractivity contribution in [2.24, 2.45) is 0 Å². The molecule has 0 heterocycles. The van der Waals surface area contributed by atoms with Gasteiger partial charge in [0, 0.05) is 0 Å². The highest BCUT2D eigenvalue weighted by Crippen LogP contribution is 2.32. The average Bonchev–Trinajstić information content (AvgIpc) is 2.26. The molecular formula is C14H21NO3. The molecule has 0 aromatic heterocycles. The number of carbonyl (C=O) groups excluding carboxylic acids is 1. The van der Waals surface area contributed by atoms with Gasteiger partial charge in [0.15, 0.2) is 0 Å². The maximum Gasteiger partial charge on any atom is 0.330 e. The highest BCUT2D eigenvalue weighted by atomic mass is 16.5. The zero-order valence-electron chi connectivity index (χ0n) is 11.9.